The lowest BCUT2D eigenvalue weighted by atomic mass is 10.3. The van der Waals surface area contributed by atoms with E-state index in [0.29, 0.717) is 18.0 Å². The van der Waals surface area contributed by atoms with Crippen LogP contribution in [0.1, 0.15) is 5.69 Å². The summed E-state index contributed by atoms with van der Waals surface area (Å²) in [6.07, 6.45) is 1.65. The number of nitrogens with two attached hydrogens (primary N) is 1. The second-order valence-corrected chi connectivity index (χ2v) is 5.42. The highest BCUT2D eigenvalue weighted by atomic mass is 79.9. The van der Waals surface area contributed by atoms with Gasteiger partial charge in [0, 0.05) is 6.54 Å². The summed E-state index contributed by atoms with van der Waals surface area (Å²) >= 11 is 6.86. The van der Waals surface area contributed by atoms with Crippen molar-refractivity contribution in [3.05, 3.63) is 45.1 Å². The molecule has 0 atom stereocenters. The van der Waals surface area contributed by atoms with Gasteiger partial charge in [-0.3, -0.25) is 4.98 Å². The van der Waals surface area contributed by atoms with E-state index < -0.39 is 0 Å². The summed E-state index contributed by atoms with van der Waals surface area (Å²) in [5, 5.41) is 0. The maximum atomic E-state index is 5.75. The summed E-state index contributed by atoms with van der Waals surface area (Å²) in [5.41, 5.74) is 6.32. The molecule has 0 aliphatic heterocycles. The van der Waals surface area contributed by atoms with Crippen LogP contribution in [0.15, 0.2) is 39.4 Å². The Morgan fingerprint density at radius 2 is 1.84 bits per heavy atom. The van der Waals surface area contributed by atoms with Crippen LogP contribution in [0.3, 0.4) is 0 Å². The summed E-state index contributed by atoms with van der Waals surface area (Å²) < 4.78 is 12.6. The van der Waals surface area contributed by atoms with Crippen molar-refractivity contribution < 1.29 is 9.47 Å². The normalized spacial score (nSPS) is 10.3. The monoisotopic (exact) mass is 386 g/mol. The van der Waals surface area contributed by atoms with Crippen LogP contribution in [-0.2, 0) is 6.54 Å². The highest BCUT2D eigenvalue weighted by Gasteiger charge is 2.09. The first-order valence-electron chi connectivity index (χ1n) is 5.50. The smallest absolute Gasteiger partial charge is 0.145 e. The first kappa shape index (κ1) is 14.3. The number of nitrogens with zero attached hydrogens (tertiary/aromatic N) is 1. The van der Waals surface area contributed by atoms with Gasteiger partial charge in [0.15, 0.2) is 0 Å². The van der Waals surface area contributed by atoms with Crippen LogP contribution in [0.25, 0.3) is 0 Å². The van der Waals surface area contributed by atoms with Crippen LogP contribution in [0.4, 0.5) is 0 Å². The van der Waals surface area contributed by atoms with E-state index in [0.717, 1.165) is 20.4 Å². The lowest BCUT2D eigenvalue weighted by molar-refractivity contribution is 0.409. The highest BCUT2D eigenvalue weighted by molar-refractivity contribution is 9.11. The zero-order chi connectivity index (χ0) is 13.8. The van der Waals surface area contributed by atoms with Crippen LogP contribution >= 0.6 is 31.9 Å². The van der Waals surface area contributed by atoms with Gasteiger partial charge >= 0.3 is 0 Å². The Morgan fingerprint density at radius 3 is 2.42 bits per heavy atom. The molecule has 0 amide bonds. The number of hydrogen-bond donors (Lipinski definition) is 1. The van der Waals surface area contributed by atoms with Crippen molar-refractivity contribution in [1.29, 1.82) is 0 Å². The zero-order valence-corrected chi connectivity index (χ0v) is 13.4. The quantitative estimate of drug-likeness (QED) is 0.865. The Balaban J connectivity index is 2.25. The Bertz CT molecular complexity index is 574. The lowest BCUT2D eigenvalue weighted by Crippen LogP contribution is -1.98. The number of pyridine rings is 1. The molecule has 0 bridgehead atoms. The predicted octanol–water partition coefficient (Wildman–Crippen LogP) is 3.87. The van der Waals surface area contributed by atoms with E-state index in [1.165, 1.54) is 0 Å². The van der Waals surface area contributed by atoms with Gasteiger partial charge in [0.1, 0.15) is 17.2 Å². The summed E-state index contributed by atoms with van der Waals surface area (Å²) in [6.45, 7) is 0.415. The Hall–Kier alpha value is -1.11. The van der Waals surface area contributed by atoms with E-state index in [1.807, 2.05) is 24.3 Å². The fraction of sp³-hybridized carbons (Fsp3) is 0.154. The number of aromatic nitrogens is 1. The predicted molar refractivity (Wildman–Crippen MR) is 80.6 cm³/mol. The van der Waals surface area contributed by atoms with Gasteiger partial charge in [0.25, 0.3) is 0 Å². The molecule has 0 aliphatic rings. The van der Waals surface area contributed by atoms with E-state index in [2.05, 4.69) is 36.8 Å². The molecule has 2 rings (SSSR count). The Morgan fingerprint density at radius 1 is 1.16 bits per heavy atom. The van der Waals surface area contributed by atoms with Crippen molar-refractivity contribution in [3.8, 4) is 17.2 Å². The van der Waals surface area contributed by atoms with Gasteiger partial charge in [-0.25, -0.2) is 0 Å². The average molecular weight is 388 g/mol. The van der Waals surface area contributed by atoms with Crippen molar-refractivity contribution in [3.63, 3.8) is 0 Å². The van der Waals surface area contributed by atoms with Gasteiger partial charge in [0.2, 0.25) is 0 Å². The van der Waals surface area contributed by atoms with Gasteiger partial charge < -0.3 is 15.2 Å². The second kappa shape index (κ2) is 6.36. The number of ether oxygens (including phenoxy) is 2. The number of hydrogen-bond acceptors (Lipinski definition) is 4. The molecule has 0 radical (unpaired) electrons. The van der Waals surface area contributed by atoms with E-state index in [-0.39, 0.29) is 0 Å². The fourth-order valence-electron chi connectivity index (χ4n) is 1.46. The topological polar surface area (TPSA) is 57.4 Å². The van der Waals surface area contributed by atoms with Crippen molar-refractivity contribution >= 4 is 31.9 Å². The molecular weight excluding hydrogens is 376 g/mol. The van der Waals surface area contributed by atoms with Gasteiger partial charge in [-0.05, 0) is 56.1 Å². The van der Waals surface area contributed by atoms with Gasteiger partial charge in [-0.1, -0.05) is 0 Å². The summed E-state index contributed by atoms with van der Waals surface area (Å²) in [7, 11) is 1.61. The number of methoxy groups -OCH3 is 1. The summed E-state index contributed by atoms with van der Waals surface area (Å²) in [6, 6.07) is 7.34. The highest BCUT2D eigenvalue weighted by Crippen LogP contribution is 2.37. The molecule has 0 spiro atoms. The fourth-order valence-corrected chi connectivity index (χ4v) is 2.35. The molecule has 0 fully saturated rings. The molecule has 0 unspecified atom stereocenters. The first-order chi connectivity index (χ1) is 9.13. The Labute approximate surface area is 128 Å². The van der Waals surface area contributed by atoms with E-state index in [9.17, 15) is 0 Å². The summed E-state index contributed by atoms with van der Waals surface area (Å²) in [4.78, 5) is 4.18. The molecule has 1 aromatic carbocycles. The maximum absolute atomic E-state index is 5.75. The minimum atomic E-state index is 0.415. The molecule has 0 saturated carbocycles. The molecule has 1 heterocycles. The van der Waals surface area contributed by atoms with Crippen LogP contribution in [-0.4, -0.2) is 12.1 Å². The molecule has 0 saturated heterocycles. The van der Waals surface area contributed by atoms with Crippen molar-refractivity contribution in [1.82, 2.24) is 4.98 Å². The number of benzene rings is 1. The minimum Gasteiger partial charge on any atom is -0.496 e. The molecule has 2 N–H and O–H groups in total. The third kappa shape index (κ3) is 3.46. The van der Waals surface area contributed by atoms with Gasteiger partial charge in [-0.15, -0.1) is 0 Å². The van der Waals surface area contributed by atoms with Crippen molar-refractivity contribution in [2.24, 2.45) is 5.73 Å². The van der Waals surface area contributed by atoms with Crippen molar-refractivity contribution in [2.75, 3.05) is 7.11 Å². The zero-order valence-electron chi connectivity index (χ0n) is 10.2. The average Bonchev–Trinajstić information content (AvgIpc) is 2.43. The van der Waals surface area contributed by atoms with E-state index in [4.69, 9.17) is 15.2 Å². The Kier molecular flexibility index (Phi) is 4.79. The van der Waals surface area contributed by atoms with Crippen LogP contribution < -0.4 is 15.2 Å². The second-order valence-electron chi connectivity index (χ2n) is 3.71. The van der Waals surface area contributed by atoms with Crippen LogP contribution in [0, 0.1) is 0 Å². The van der Waals surface area contributed by atoms with Gasteiger partial charge in [-0.2, -0.15) is 0 Å². The molecule has 100 valence electrons. The molecule has 0 aliphatic carbocycles. The maximum Gasteiger partial charge on any atom is 0.145 e. The third-order valence-electron chi connectivity index (χ3n) is 2.44. The molecule has 2 aromatic rings. The van der Waals surface area contributed by atoms with Gasteiger partial charge in [0.05, 0.1) is 27.9 Å². The molecular formula is C13H12Br2N2O2. The largest absolute Gasteiger partial charge is 0.496 e. The summed E-state index contributed by atoms with van der Waals surface area (Å²) in [5.74, 6) is 2.06. The number of rotatable bonds is 4. The van der Waals surface area contributed by atoms with E-state index in [1.54, 1.807) is 13.3 Å². The van der Waals surface area contributed by atoms with Crippen molar-refractivity contribution in [2.45, 2.75) is 6.54 Å². The molecule has 19 heavy (non-hydrogen) atoms. The molecule has 1 aromatic heterocycles. The van der Waals surface area contributed by atoms with Crippen LogP contribution in [0.5, 0.6) is 17.2 Å². The molecule has 4 nitrogen and oxygen atoms in total. The van der Waals surface area contributed by atoms with E-state index >= 15 is 0 Å². The third-order valence-corrected chi connectivity index (χ3v) is 3.68. The minimum absolute atomic E-state index is 0.415. The first-order valence-corrected chi connectivity index (χ1v) is 7.08. The molecule has 6 heteroatoms. The SMILES string of the molecule is COc1cc(Br)c(Oc2ccc(CN)nc2)cc1Br. The standard InChI is InChI=1S/C13H12Br2N2O2/c1-18-12-4-11(15)13(5-10(12)14)19-9-3-2-8(6-16)17-7-9/h2-5,7H,6,16H2,1H3. The van der Waals surface area contributed by atoms with Crippen LogP contribution in [0.2, 0.25) is 0 Å². The number of halogens is 2. The lowest BCUT2D eigenvalue weighted by Gasteiger charge is -2.10.